The Morgan fingerprint density at radius 2 is 1.35 bits per heavy atom. The Balaban J connectivity index is 1.61. The van der Waals surface area contributed by atoms with Gasteiger partial charge in [0.05, 0.1) is 19.8 Å². The van der Waals surface area contributed by atoms with Crippen LogP contribution in [-0.4, -0.2) is 26.0 Å². The number of carbonyl (C=O) groups is 2. The Kier molecular flexibility index (Phi) is 7.38. The first-order valence-corrected chi connectivity index (χ1v) is 9.58. The lowest BCUT2D eigenvalue weighted by molar-refractivity contribution is -0.128. The van der Waals surface area contributed by atoms with Crippen LogP contribution in [0.5, 0.6) is 17.2 Å². The largest absolute Gasteiger partial charge is 0.497 e. The summed E-state index contributed by atoms with van der Waals surface area (Å²) in [5.41, 5.74) is 2.15. The number of methoxy groups -OCH3 is 2. The van der Waals surface area contributed by atoms with Gasteiger partial charge >= 0.3 is 5.97 Å². The molecule has 3 aromatic rings. The summed E-state index contributed by atoms with van der Waals surface area (Å²) in [5.74, 6) is 0.818. The lowest BCUT2D eigenvalue weighted by atomic mass is 10.1. The molecule has 0 aliphatic heterocycles. The van der Waals surface area contributed by atoms with Crippen LogP contribution >= 0.6 is 0 Å². The average molecular weight is 414 g/mol. The molecule has 0 atom stereocenters. The van der Waals surface area contributed by atoms with E-state index in [1.807, 2.05) is 30.3 Å². The molecule has 0 aliphatic rings. The van der Waals surface area contributed by atoms with Gasteiger partial charge in [-0.2, -0.15) is 0 Å². The highest BCUT2D eigenvalue weighted by Crippen LogP contribution is 2.25. The lowest BCUT2D eigenvalue weighted by Gasteiger charge is -2.08. The van der Waals surface area contributed by atoms with E-state index in [2.05, 4.69) is 0 Å². The smallest absolute Gasteiger partial charge is 0.336 e. The Bertz CT molecular complexity index is 1100. The van der Waals surface area contributed by atoms with Crippen molar-refractivity contribution in [3.63, 3.8) is 0 Å². The third kappa shape index (κ3) is 6.18. The number of esters is 1. The second-order valence-corrected chi connectivity index (χ2v) is 6.50. The fraction of sp³-hybridized carbons (Fsp3) is 0.0769. The fourth-order valence-corrected chi connectivity index (χ4v) is 2.79. The van der Waals surface area contributed by atoms with Crippen LogP contribution in [0, 0.1) is 0 Å². The first-order chi connectivity index (χ1) is 15.1. The summed E-state index contributed by atoms with van der Waals surface area (Å²) in [7, 11) is 3.06. The zero-order valence-electron chi connectivity index (χ0n) is 17.3. The SMILES string of the molecule is COc1ccc(C(=O)/C=C/c2ccc(OC(=O)/C=C/c3ccccc3)cc2)c(OC)c1. The van der Waals surface area contributed by atoms with Crippen molar-refractivity contribution in [3.05, 3.63) is 102 Å². The molecule has 0 unspecified atom stereocenters. The van der Waals surface area contributed by atoms with Crippen LogP contribution in [0.3, 0.4) is 0 Å². The molecule has 0 N–H and O–H groups in total. The van der Waals surface area contributed by atoms with Crippen LogP contribution in [0.1, 0.15) is 21.5 Å². The van der Waals surface area contributed by atoms with Gasteiger partial charge in [0.15, 0.2) is 5.78 Å². The van der Waals surface area contributed by atoms with Crippen LogP contribution in [0.25, 0.3) is 12.2 Å². The van der Waals surface area contributed by atoms with Gasteiger partial charge < -0.3 is 14.2 Å². The normalized spacial score (nSPS) is 10.9. The Labute approximate surface area is 181 Å². The van der Waals surface area contributed by atoms with Crippen LogP contribution in [-0.2, 0) is 4.79 Å². The highest BCUT2D eigenvalue weighted by Gasteiger charge is 2.10. The van der Waals surface area contributed by atoms with Gasteiger partial charge in [0.1, 0.15) is 17.2 Å². The van der Waals surface area contributed by atoms with Crippen molar-refractivity contribution in [1.29, 1.82) is 0 Å². The molecule has 0 saturated carbocycles. The molecular formula is C26H22O5. The summed E-state index contributed by atoms with van der Waals surface area (Å²) in [5, 5.41) is 0. The molecule has 3 aromatic carbocycles. The van der Waals surface area contributed by atoms with Gasteiger partial charge in [-0.15, -0.1) is 0 Å². The number of ether oxygens (including phenoxy) is 3. The molecule has 0 aliphatic carbocycles. The highest BCUT2D eigenvalue weighted by atomic mass is 16.5. The quantitative estimate of drug-likeness (QED) is 0.219. The maximum Gasteiger partial charge on any atom is 0.336 e. The number of carbonyl (C=O) groups excluding carboxylic acids is 2. The van der Waals surface area contributed by atoms with Crippen LogP contribution in [0.2, 0.25) is 0 Å². The summed E-state index contributed by atoms with van der Waals surface area (Å²) < 4.78 is 15.7. The first-order valence-electron chi connectivity index (χ1n) is 9.58. The summed E-state index contributed by atoms with van der Waals surface area (Å²) in [6.45, 7) is 0. The van der Waals surface area contributed by atoms with E-state index in [1.165, 1.54) is 19.3 Å². The molecular weight excluding hydrogens is 392 g/mol. The topological polar surface area (TPSA) is 61.8 Å². The standard InChI is InChI=1S/C26H22O5/c1-29-22-14-15-23(25(18-22)30-2)24(27)16-10-20-8-12-21(13-9-20)31-26(28)17-11-19-6-4-3-5-7-19/h3-18H,1-2H3/b16-10+,17-11+. The Morgan fingerprint density at radius 3 is 2.03 bits per heavy atom. The molecule has 0 amide bonds. The predicted molar refractivity (Wildman–Crippen MR) is 120 cm³/mol. The molecule has 0 heterocycles. The third-order valence-electron chi connectivity index (χ3n) is 4.41. The van der Waals surface area contributed by atoms with Crippen molar-refractivity contribution in [2.24, 2.45) is 0 Å². The number of rotatable bonds is 8. The van der Waals surface area contributed by atoms with Gasteiger partial charge in [-0.3, -0.25) is 4.79 Å². The van der Waals surface area contributed by atoms with E-state index in [9.17, 15) is 9.59 Å². The number of benzene rings is 3. The maximum absolute atomic E-state index is 12.5. The highest BCUT2D eigenvalue weighted by molar-refractivity contribution is 6.08. The summed E-state index contributed by atoms with van der Waals surface area (Å²) >= 11 is 0. The summed E-state index contributed by atoms with van der Waals surface area (Å²) in [6, 6.07) is 21.4. The van der Waals surface area contributed by atoms with E-state index in [4.69, 9.17) is 14.2 Å². The zero-order valence-corrected chi connectivity index (χ0v) is 17.3. The van der Waals surface area contributed by atoms with Gasteiger partial charge in [0, 0.05) is 12.1 Å². The van der Waals surface area contributed by atoms with Gasteiger partial charge in [-0.1, -0.05) is 48.5 Å². The molecule has 5 nitrogen and oxygen atoms in total. The predicted octanol–water partition coefficient (Wildman–Crippen LogP) is 5.22. The van der Waals surface area contributed by atoms with E-state index in [1.54, 1.807) is 61.7 Å². The molecule has 156 valence electrons. The van der Waals surface area contributed by atoms with Gasteiger partial charge in [0.2, 0.25) is 0 Å². The number of allylic oxidation sites excluding steroid dienone is 1. The maximum atomic E-state index is 12.5. The average Bonchev–Trinajstić information content (AvgIpc) is 2.82. The first kappa shape index (κ1) is 21.6. The van der Waals surface area contributed by atoms with E-state index in [0.29, 0.717) is 22.8 Å². The third-order valence-corrected chi connectivity index (χ3v) is 4.41. The lowest BCUT2D eigenvalue weighted by Crippen LogP contribution is -2.03. The number of hydrogen-bond donors (Lipinski definition) is 0. The van der Waals surface area contributed by atoms with Crippen LogP contribution < -0.4 is 14.2 Å². The summed E-state index contributed by atoms with van der Waals surface area (Å²) in [6.07, 6.45) is 6.23. The second kappa shape index (κ2) is 10.6. The van der Waals surface area contributed by atoms with Crippen molar-refractivity contribution in [1.82, 2.24) is 0 Å². The van der Waals surface area contributed by atoms with E-state index in [-0.39, 0.29) is 5.78 Å². The molecule has 0 saturated heterocycles. The zero-order chi connectivity index (χ0) is 22.1. The van der Waals surface area contributed by atoms with E-state index >= 15 is 0 Å². The second-order valence-electron chi connectivity index (χ2n) is 6.50. The minimum absolute atomic E-state index is 0.193. The molecule has 5 heteroatoms. The van der Waals surface area contributed by atoms with Crippen LogP contribution in [0.4, 0.5) is 0 Å². The van der Waals surface area contributed by atoms with E-state index < -0.39 is 5.97 Å². The monoisotopic (exact) mass is 414 g/mol. The Hall–Kier alpha value is -4.12. The van der Waals surface area contributed by atoms with E-state index in [0.717, 1.165) is 11.1 Å². The van der Waals surface area contributed by atoms with Crippen molar-refractivity contribution >= 4 is 23.9 Å². The molecule has 0 radical (unpaired) electrons. The number of ketones is 1. The van der Waals surface area contributed by atoms with Gasteiger partial charge in [0.25, 0.3) is 0 Å². The van der Waals surface area contributed by atoms with Crippen molar-refractivity contribution < 1.29 is 23.8 Å². The van der Waals surface area contributed by atoms with Crippen molar-refractivity contribution in [2.75, 3.05) is 14.2 Å². The molecule has 3 rings (SSSR count). The summed E-state index contributed by atoms with van der Waals surface area (Å²) in [4.78, 5) is 24.5. The minimum atomic E-state index is -0.464. The van der Waals surface area contributed by atoms with Gasteiger partial charge in [-0.05, 0) is 47.5 Å². The molecule has 0 bridgehead atoms. The number of hydrogen-bond acceptors (Lipinski definition) is 5. The minimum Gasteiger partial charge on any atom is -0.497 e. The van der Waals surface area contributed by atoms with Gasteiger partial charge in [-0.25, -0.2) is 4.79 Å². The van der Waals surface area contributed by atoms with Crippen molar-refractivity contribution in [3.8, 4) is 17.2 Å². The van der Waals surface area contributed by atoms with Crippen LogP contribution in [0.15, 0.2) is 84.9 Å². The van der Waals surface area contributed by atoms with Crippen molar-refractivity contribution in [2.45, 2.75) is 0 Å². The molecule has 0 fully saturated rings. The molecule has 0 aromatic heterocycles. The Morgan fingerprint density at radius 1 is 0.710 bits per heavy atom. The molecule has 31 heavy (non-hydrogen) atoms. The molecule has 0 spiro atoms. The fourth-order valence-electron chi connectivity index (χ4n) is 2.79.